The lowest BCUT2D eigenvalue weighted by molar-refractivity contribution is 0.628. The van der Waals surface area contributed by atoms with E-state index in [1.165, 1.54) is 12.1 Å². The van der Waals surface area contributed by atoms with Crippen LogP contribution in [0.3, 0.4) is 0 Å². The van der Waals surface area contributed by atoms with Crippen molar-refractivity contribution in [3.05, 3.63) is 41.4 Å². The molecule has 1 aromatic carbocycles. The lowest BCUT2D eigenvalue weighted by Gasteiger charge is -2.03. The molecule has 0 radical (unpaired) electrons. The molecule has 5 heteroatoms. The highest BCUT2D eigenvalue weighted by molar-refractivity contribution is 7.99. The van der Waals surface area contributed by atoms with Gasteiger partial charge in [-0.15, -0.1) is 6.58 Å². The van der Waals surface area contributed by atoms with E-state index in [9.17, 15) is 4.39 Å². The van der Waals surface area contributed by atoms with Gasteiger partial charge < -0.3 is 9.55 Å². The Labute approximate surface area is 109 Å². The summed E-state index contributed by atoms with van der Waals surface area (Å²) in [6, 6.07) is 4.66. The highest BCUT2D eigenvalue weighted by Gasteiger charge is 2.04. The monoisotopic (exact) mass is 268 g/mol. The largest absolute Gasteiger partial charge is 0.331 e. The van der Waals surface area contributed by atoms with E-state index in [-0.39, 0.29) is 5.82 Å². The second-order valence-electron chi connectivity index (χ2n) is 3.61. The molecule has 1 heterocycles. The fraction of sp³-hybridized carbons (Fsp3) is 0.250. The average molecular weight is 268 g/mol. The van der Waals surface area contributed by atoms with Crippen molar-refractivity contribution in [3.63, 3.8) is 0 Å². The lowest BCUT2D eigenvalue weighted by Crippen LogP contribution is -2.00. The summed E-state index contributed by atoms with van der Waals surface area (Å²) in [5.74, 6) is 1.62. The molecule has 90 valence electrons. The Morgan fingerprint density at radius 1 is 1.53 bits per heavy atom. The molecule has 2 nitrogen and oxygen atoms in total. The molecule has 2 rings (SSSR count). The zero-order chi connectivity index (χ0) is 12.3. The van der Waals surface area contributed by atoms with Crippen LogP contribution in [0, 0.1) is 10.6 Å². The van der Waals surface area contributed by atoms with Gasteiger partial charge in [0.15, 0.2) is 4.77 Å². The van der Waals surface area contributed by atoms with Crippen LogP contribution in [-0.2, 0) is 6.54 Å². The number of halogens is 1. The summed E-state index contributed by atoms with van der Waals surface area (Å²) in [5, 5.41) is 0. The summed E-state index contributed by atoms with van der Waals surface area (Å²) in [6.07, 6.45) is 1.87. The number of benzene rings is 1. The second kappa shape index (κ2) is 5.51. The van der Waals surface area contributed by atoms with Crippen molar-refractivity contribution in [2.24, 2.45) is 0 Å². The predicted octanol–water partition coefficient (Wildman–Crippen LogP) is 3.76. The van der Waals surface area contributed by atoms with Crippen LogP contribution in [-0.4, -0.2) is 21.1 Å². The molecule has 0 saturated heterocycles. The van der Waals surface area contributed by atoms with Crippen LogP contribution in [0.1, 0.15) is 0 Å². The van der Waals surface area contributed by atoms with Crippen molar-refractivity contribution >= 4 is 35.0 Å². The van der Waals surface area contributed by atoms with Gasteiger partial charge in [0.25, 0.3) is 0 Å². The number of aromatic amines is 1. The third-order valence-electron chi connectivity index (χ3n) is 2.43. The maximum atomic E-state index is 13.2. The van der Waals surface area contributed by atoms with Crippen molar-refractivity contribution in [1.82, 2.24) is 9.55 Å². The number of nitrogens with one attached hydrogen (secondary N) is 1. The summed E-state index contributed by atoms with van der Waals surface area (Å²) in [6.45, 7) is 4.45. The minimum atomic E-state index is -0.237. The van der Waals surface area contributed by atoms with Gasteiger partial charge in [-0.05, 0) is 30.4 Å². The zero-order valence-electron chi connectivity index (χ0n) is 9.28. The first-order valence-electron chi connectivity index (χ1n) is 5.29. The number of hydrogen-bond acceptors (Lipinski definition) is 2. The lowest BCUT2D eigenvalue weighted by atomic mass is 10.3. The first-order chi connectivity index (χ1) is 8.22. The van der Waals surface area contributed by atoms with Gasteiger partial charge in [-0.1, -0.05) is 6.08 Å². The summed E-state index contributed by atoms with van der Waals surface area (Å²) < 4.78 is 15.8. The van der Waals surface area contributed by atoms with Crippen molar-refractivity contribution < 1.29 is 4.39 Å². The van der Waals surface area contributed by atoms with Crippen LogP contribution in [0.25, 0.3) is 11.0 Å². The van der Waals surface area contributed by atoms with E-state index < -0.39 is 0 Å². The number of aromatic nitrogens is 2. The third-order valence-corrected chi connectivity index (χ3v) is 3.70. The maximum absolute atomic E-state index is 13.2. The molecule has 0 aliphatic carbocycles. The van der Waals surface area contributed by atoms with Gasteiger partial charge in [-0.25, -0.2) is 4.39 Å². The van der Waals surface area contributed by atoms with Gasteiger partial charge >= 0.3 is 0 Å². The fourth-order valence-electron chi connectivity index (χ4n) is 1.67. The Bertz CT molecular complexity index is 586. The molecule has 1 aromatic heterocycles. The van der Waals surface area contributed by atoms with Crippen molar-refractivity contribution in [1.29, 1.82) is 0 Å². The number of H-pyrrole nitrogens is 1. The Morgan fingerprint density at radius 2 is 2.35 bits per heavy atom. The molecule has 1 N–H and O–H groups in total. The molecule has 0 saturated carbocycles. The predicted molar refractivity (Wildman–Crippen MR) is 74.6 cm³/mol. The molecule has 2 aromatic rings. The van der Waals surface area contributed by atoms with Crippen LogP contribution in [0.15, 0.2) is 30.9 Å². The highest BCUT2D eigenvalue weighted by atomic mass is 32.2. The second-order valence-corrected chi connectivity index (χ2v) is 5.14. The topological polar surface area (TPSA) is 20.7 Å². The molecular formula is C12H13FN2S2. The number of imidazole rings is 1. The van der Waals surface area contributed by atoms with E-state index in [4.69, 9.17) is 12.2 Å². The zero-order valence-corrected chi connectivity index (χ0v) is 10.9. The first kappa shape index (κ1) is 12.4. The molecule has 0 amide bonds. The number of thioether (sulfide) groups is 1. The smallest absolute Gasteiger partial charge is 0.178 e. The molecule has 0 fully saturated rings. The highest BCUT2D eigenvalue weighted by Crippen LogP contribution is 2.16. The van der Waals surface area contributed by atoms with Crippen LogP contribution in [0.4, 0.5) is 4.39 Å². The molecular weight excluding hydrogens is 255 g/mol. The van der Waals surface area contributed by atoms with Crippen molar-refractivity contribution in [3.8, 4) is 0 Å². The molecule has 0 aliphatic heterocycles. The van der Waals surface area contributed by atoms with E-state index >= 15 is 0 Å². The van der Waals surface area contributed by atoms with Crippen LogP contribution in [0.5, 0.6) is 0 Å². The van der Waals surface area contributed by atoms with Gasteiger partial charge in [0.05, 0.1) is 11.0 Å². The normalized spacial score (nSPS) is 10.9. The molecule has 0 atom stereocenters. The Kier molecular flexibility index (Phi) is 4.02. The van der Waals surface area contributed by atoms with Gasteiger partial charge in [0, 0.05) is 18.1 Å². The molecule has 0 spiro atoms. The van der Waals surface area contributed by atoms with Crippen LogP contribution in [0.2, 0.25) is 0 Å². The number of aryl methyl sites for hydroxylation is 1. The van der Waals surface area contributed by atoms with Crippen LogP contribution < -0.4 is 0 Å². The van der Waals surface area contributed by atoms with E-state index in [0.29, 0.717) is 4.77 Å². The summed E-state index contributed by atoms with van der Waals surface area (Å²) in [7, 11) is 0. The fourth-order valence-corrected chi connectivity index (χ4v) is 2.61. The third kappa shape index (κ3) is 2.79. The summed E-state index contributed by atoms with van der Waals surface area (Å²) in [4.78, 5) is 3.08. The minimum absolute atomic E-state index is 0.237. The number of rotatable bonds is 5. The van der Waals surface area contributed by atoms with Crippen molar-refractivity contribution in [2.75, 3.05) is 11.5 Å². The average Bonchev–Trinajstić information content (AvgIpc) is 2.61. The van der Waals surface area contributed by atoms with E-state index in [1.54, 1.807) is 17.8 Å². The van der Waals surface area contributed by atoms with Crippen molar-refractivity contribution in [2.45, 2.75) is 6.54 Å². The maximum Gasteiger partial charge on any atom is 0.178 e. The summed E-state index contributed by atoms with van der Waals surface area (Å²) in [5.41, 5.74) is 1.71. The Balaban J connectivity index is 2.26. The van der Waals surface area contributed by atoms with Gasteiger partial charge in [0.2, 0.25) is 0 Å². The van der Waals surface area contributed by atoms with Gasteiger partial charge in [-0.2, -0.15) is 11.8 Å². The number of nitrogens with zero attached hydrogens (tertiary/aromatic N) is 1. The van der Waals surface area contributed by atoms with Crippen LogP contribution >= 0.6 is 24.0 Å². The number of hydrogen-bond donors (Lipinski definition) is 1. The van der Waals surface area contributed by atoms with E-state index in [2.05, 4.69) is 11.6 Å². The molecule has 0 bridgehead atoms. The minimum Gasteiger partial charge on any atom is -0.331 e. The van der Waals surface area contributed by atoms with E-state index in [0.717, 1.165) is 29.1 Å². The molecule has 0 aliphatic rings. The Morgan fingerprint density at radius 3 is 3.12 bits per heavy atom. The number of fused-ring (bicyclic) bond motifs is 1. The standard InChI is InChI=1S/C12H13FN2S2/c1-2-6-17-7-5-15-11-8-9(13)3-4-10(11)14-12(15)16/h2-4,8H,1,5-7H2,(H,14,16). The molecule has 17 heavy (non-hydrogen) atoms. The Hall–Kier alpha value is -1.07. The van der Waals surface area contributed by atoms with E-state index in [1.807, 2.05) is 10.6 Å². The van der Waals surface area contributed by atoms with Gasteiger partial charge in [-0.3, -0.25) is 0 Å². The quantitative estimate of drug-likeness (QED) is 0.506. The molecule has 0 unspecified atom stereocenters. The summed E-state index contributed by atoms with van der Waals surface area (Å²) >= 11 is 7.01. The first-order valence-corrected chi connectivity index (χ1v) is 6.85. The SMILES string of the molecule is C=CCSCCn1c(=S)[nH]c2ccc(F)cc21. The van der Waals surface area contributed by atoms with Gasteiger partial charge in [0.1, 0.15) is 5.82 Å².